The van der Waals surface area contributed by atoms with Gasteiger partial charge in [-0.2, -0.15) is 0 Å². The summed E-state index contributed by atoms with van der Waals surface area (Å²) in [7, 11) is 1.85. The zero-order valence-corrected chi connectivity index (χ0v) is 11.6. The average Bonchev–Trinajstić information content (AvgIpc) is 2.74. The molecule has 0 bridgehead atoms. The van der Waals surface area contributed by atoms with Gasteiger partial charge in [0, 0.05) is 13.1 Å². The van der Waals surface area contributed by atoms with E-state index < -0.39 is 0 Å². The van der Waals surface area contributed by atoms with Gasteiger partial charge in [-0.3, -0.25) is 4.79 Å². The molecule has 94 valence electrons. The zero-order valence-electron chi connectivity index (χ0n) is 10.0. The van der Waals surface area contributed by atoms with E-state index in [4.69, 9.17) is 11.6 Å². The molecule has 4 nitrogen and oxygen atoms in total. The normalized spacial score (nSPS) is 24.6. The summed E-state index contributed by atoms with van der Waals surface area (Å²) in [6.45, 7) is 2.24. The number of carbonyl (C=O) groups is 1. The van der Waals surface area contributed by atoms with Crippen molar-refractivity contribution in [1.29, 1.82) is 0 Å². The molecule has 1 heterocycles. The van der Waals surface area contributed by atoms with Crippen molar-refractivity contribution in [3.63, 3.8) is 0 Å². The van der Waals surface area contributed by atoms with Crippen molar-refractivity contribution in [1.82, 2.24) is 15.1 Å². The van der Waals surface area contributed by atoms with E-state index in [1.165, 1.54) is 12.8 Å². The van der Waals surface area contributed by atoms with E-state index in [0.29, 0.717) is 21.4 Å². The van der Waals surface area contributed by atoms with Gasteiger partial charge in [0.15, 0.2) is 0 Å². The third kappa shape index (κ3) is 2.96. The second kappa shape index (κ2) is 5.31. The summed E-state index contributed by atoms with van der Waals surface area (Å²) in [5.74, 6) is 0.635. The average molecular weight is 274 g/mol. The number of rotatable bonds is 2. The fourth-order valence-electron chi connectivity index (χ4n) is 2.36. The lowest BCUT2D eigenvalue weighted by atomic mass is 9.86. The van der Waals surface area contributed by atoms with Crippen molar-refractivity contribution in [3.8, 4) is 0 Å². The minimum absolute atomic E-state index is 0.0616. The second-order valence-corrected chi connectivity index (χ2v) is 6.26. The Morgan fingerprint density at radius 3 is 2.82 bits per heavy atom. The van der Waals surface area contributed by atoms with Crippen LogP contribution in [0.2, 0.25) is 4.47 Å². The topological polar surface area (TPSA) is 46.1 Å². The van der Waals surface area contributed by atoms with Crippen LogP contribution in [0.1, 0.15) is 42.4 Å². The van der Waals surface area contributed by atoms with Gasteiger partial charge in [-0.1, -0.05) is 31.1 Å². The van der Waals surface area contributed by atoms with Crippen molar-refractivity contribution in [2.45, 2.75) is 38.6 Å². The Bertz CT molecular complexity index is 409. The standard InChI is InChI=1S/C11H16ClN3OS/c1-7-4-3-5-8(6-7)15(2)10(16)9-13-14-11(12)17-9/h7-8H,3-6H2,1-2H3. The van der Waals surface area contributed by atoms with Crippen molar-refractivity contribution in [3.05, 3.63) is 9.47 Å². The summed E-state index contributed by atoms with van der Waals surface area (Å²) in [4.78, 5) is 13.9. The number of hydrogen-bond acceptors (Lipinski definition) is 4. The molecule has 2 unspecified atom stereocenters. The molecule has 0 aromatic carbocycles. The Morgan fingerprint density at radius 1 is 1.47 bits per heavy atom. The molecule has 2 rings (SSSR count). The highest BCUT2D eigenvalue weighted by molar-refractivity contribution is 7.17. The Balaban J connectivity index is 2.04. The van der Waals surface area contributed by atoms with Gasteiger partial charge in [0.05, 0.1) is 0 Å². The molecule has 1 aliphatic carbocycles. The number of nitrogens with zero attached hydrogens (tertiary/aromatic N) is 3. The van der Waals surface area contributed by atoms with E-state index in [-0.39, 0.29) is 5.91 Å². The van der Waals surface area contributed by atoms with Gasteiger partial charge in [-0.15, -0.1) is 10.2 Å². The highest BCUT2D eigenvalue weighted by Crippen LogP contribution is 2.28. The van der Waals surface area contributed by atoms with Crippen LogP contribution >= 0.6 is 22.9 Å². The molecule has 1 fully saturated rings. The Kier molecular flexibility index (Phi) is 3.99. The molecule has 0 aliphatic heterocycles. The predicted molar refractivity (Wildman–Crippen MR) is 68.4 cm³/mol. The first-order valence-corrected chi connectivity index (χ1v) is 7.03. The maximum absolute atomic E-state index is 12.1. The van der Waals surface area contributed by atoms with Crippen LogP contribution in [-0.2, 0) is 0 Å². The summed E-state index contributed by atoms with van der Waals surface area (Å²) in [6, 6.07) is 0.328. The molecule has 0 radical (unpaired) electrons. The van der Waals surface area contributed by atoms with E-state index in [1.807, 2.05) is 7.05 Å². The highest BCUT2D eigenvalue weighted by Gasteiger charge is 2.27. The first kappa shape index (κ1) is 12.8. The summed E-state index contributed by atoms with van der Waals surface area (Å²) in [6.07, 6.45) is 4.62. The number of carbonyl (C=O) groups excluding carboxylic acids is 1. The molecule has 0 saturated heterocycles. The molecule has 1 amide bonds. The molecule has 0 N–H and O–H groups in total. The quantitative estimate of drug-likeness (QED) is 0.832. The van der Waals surface area contributed by atoms with Crippen molar-refractivity contribution < 1.29 is 4.79 Å². The molecule has 1 saturated carbocycles. The van der Waals surface area contributed by atoms with Gasteiger partial charge in [-0.05, 0) is 30.4 Å². The van der Waals surface area contributed by atoms with Crippen LogP contribution in [0.5, 0.6) is 0 Å². The third-order valence-corrected chi connectivity index (χ3v) is 4.37. The van der Waals surface area contributed by atoms with Crippen LogP contribution in [0.25, 0.3) is 0 Å². The molecule has 17 heavy (non-hydrogen) atoms. The minimum Gasteiger partial charge on any atom is -0.337 e. The van der Waals surface area contributed by atoms with Gasteiger partial charge >= 0.3 is 0 Å². The van der Waals surface area contributed by atoms with Crippen LogP contribution in [-0.4, -0.2) is 34.1 Å². The van der Waals surface area contributed by atoms with E-state index in [9.17, 15) is 4.79 Å². The smallest absolute Gasteiger partial charge is 0.284 e. The number of aromatic nitrogens is 2. The summed E-state index contributed by atoms with van der Waals surface area (Å²) in [5, 5.41) is 7.85. The molecule has 1 aromatic heterocycles. The van der Waals surface area contributed by atoms with Crippen LogP contribution in [0.4, 0.5) is 0 Å². The lowest BCUT2D eigenvalue weighted by molar-refractivity contribution is 0.0671. The van der Waals surface area contributed by atoms with Gasteiger partial charge in [0.2, 0.25) is 9.47 Å². The minimum atomic E-state index is -0.0616. The van der Waals surface area contributed by atoms with Crippen LogP contribution in [0, 0.1) is 5.92 Å². The van der Waals surface area contributed by atoms with Gasteiger partial charge in [0.1, 0.15) is 0 Å². The number of halogens is 1. The molecule has 0 spiro atoms. The van der Waals surface area contributed by atoms with Gasteiger partial charge < -0.3 is 4.90 Å². The fourth-order valence-corrected chi connectivity index (χ4v) is 3.17. The molecule has 6 heteroatoms. The van der Waals surface area contributed by atoms with Crippen molar-refractivity contribution >= 4 is 28.8 Å². The second-order valence-electron chi connectivity index (χ2n) is 4.70. The Labute approximate surface area is 110 Å². The molecule has 1 aromatic rings. The summed E-state index contributed by atoms with van der Waals surface area (Å²) >= 11 is 6.83. The van der Waals surface area contributed by atoms with E-state index in [2.05, 4.69) is 17.1 Å². The summed E-state index contributed by atoms with van der Waals surface area (Å²) < 4.78 is 0.318. The van der Waals surface area contributed by atoms with Crippen molar-refractivity contribution in [2.75, 3.05) is 7.05 Å². The maximum atomic E-state index is 12.1. The SMILES string of the molecule is CC1CCCC(N(C)C(=O)c2nnc(Cl)s2)C1. The predicted octanol–water partition coefficient (Wildman–Crippen LogP) is 2.84. The largest absolute Gasteiger partial charge is 0.337 e. The van der Waals surface area contributed by atoms with Crippen LogP contribution in [0.3, 0.4) is 0 Å². The monoisotopic (exact) mass is 273 g/mol. The van der Waals surface area contributed by atoms with Crippen LogP contribution < -0.4 is 0 Å². The summed E-state index contributed by atoms with van der Waals surface area (Å²) in [5.41, 5.74) is 0. The van der Waals surface area contributed by atoms with E-state index >= 15 is 0 Å². The molecule has 1 aliphatic rings. The first-order valence-electron chi connectivity index (χ1n) is 5.84. The highest BCUT2D eigenvalue weighted by atomic mass is 35.5. The third-order valence-electron chi connectivity index (χ3n) is 3.36. The number of hydrogen-bond donors (Lipinski definition) is 0. The fraction of sp³-hybridized carbons (Fsp3) is 0.727. The lowest BCUT2D eigenvalue weighted by Crippen LogP contribution is -2.39. The van der Waals surface area contributed by atoms with E-state index in [0.717, 1.165) is 24.2 Å². The lowest BCUT2D eigenvalue weighted by Gasteiger charge is -2.33. The maximum Gasteiger partial charge on any atom is 0.284 e. The molecular weight excluding hydrogens is 258 g/mol. The Hall–Kier alpha value is -0.680. The number of amides is 1. The van der Waals surface area contributed by atoms with Crippen molar-refractivity contribution in [2.24, 2.45) is 5.92 Å². The van der Waals surface area contributed by atoms with Gasteiger partial charge in [-0.25, -0.2) is 0 Å². The van der Waals surface area contributed by atoms with Crippen LogP contribution in [0.15, 0.2) is 0 Å². The van der Waals surface area contributed by atoms with E-state index in [1.54, 1.807) is 4.90 Å². The zero-order chi connectivity index (χ0) is 12.4. The first-order chi connectivity index (χ1) is 8.08. The Morgan fingerprint density at radius 2 is 2.24 bits per heavy atom. The molecular formula is C11H16ClN3OS. The molecule has 2 atom stereocenters. The van der Waals surface area contributed by atoms with Gasteiger partial charge in [0.25, 0.3) is 5.91 Å².